The molecule has 9 rings (SSSR count). The molecule has 5 nitrogen and oxygen atoms in total. The minimum atomic E-state index is -0.363. The zero-order valence-electron chi connectivity index (χ0n) is 27.7. The molecule has 0 radical (unpaired) electrons. The number of allylic oxidation sites excluding steroid dienone is 4. The molecule has 1 atom stereocenters. The van der Waals surface area contributed by atoms with Gasteiger partial charge in [0.2, 0.25) is 0 Å². The second-order valence-electron chi connectivity index (χ2n) is 13.2. The van der Waals surface area contributed by atoms with Gasteiger partial charge in [0.05, 0.1) is 22.9 Å². The summed E-state index contributed by atoms with van der Waals surface area (Å²) in [6, 6.07) is 50.8. The maximum Gasteiger partial charge on any atom is 0.169 e. The Hall–Kier alpha value is -6.33. The van der Waals surface area contributed by atoms with Crippen LogP contribution in [0.2, 0.25) is 0 Å². The van der Waals surface area contributed by atoms with E-state index in [4.69, 9.17) is 9.98 Å². The van der Waals surface area contributed by atoms with E-state index in [-0.39, 0.29) is 11.7 Å². The molecule has 1 aliphatic heterocycles. The fraction of sp³-hybridized carbons (Fsp3) is 0.0889. The number of aromatic nitrogens is 2. The van der Waals surface area contributed by atoms with Gasteiger partial charge < -0.3 is 9.88 Å². The molecule has 2 aliphatic rings. The number of nitrogens with zero attached hydrogens (tertiary/aromatic N) is 4. The second kappa shape index (κ2) is 12.3. The van der Waals surface area contributed by atoms with Crippen LogP contribution in [0.1, 0.15) is 41.8 Å². The molecule has 5 heteroatoms. The Morgan fingerprint density at radius 1 is 0.640 bits per heavy atom. The van der Waals surface area contributed by atoms with E-state index in [9.17, 15) is 0 Å². The summed E-state index contributed by atoms with van der Waals surface area (Å²) in [5, 5.41) is 5.96. The van der Waals surface area contributed by atoms with E-state index in [0.29, 0.717) is 0 Å². The molecule has 0 spiro atoms. The van der Waals surface area contributed by atoms with Crippen molar-refractivity contribution < 1.29 is 0 Å². The largest absolute Gasteiger partial charge is 0.324 e. The Morgan fingerprint density at radius 2 is 1.28 bits per heavy atom. The van der Waals surface area contributed by atoms with Gasteiger partial charge >= 0.3 is 0 Å². The molecule has 0 bridgehead atoms. The molecule has 0 fully saturated rings. The fourth-order valence-electron chi connectivity index (χ4n) is 7.21. The predicted octanol–water partition coefficient (Wildman–Crippen LogP) is 10.1. The minimum Gasteiger partial charge on any atom is -0.324 e. The third-order valence-corrected chi connectivity index (χ3v) is 9.93. The van der Waals surface area contributed by atoms with Gasteiger partial charge in [-0.3, -0.25) is 0 Å². The number of para-hydroxylation sites is 2. The van der Waals surface area contributed by atoms with Crippen LogP contribution in [0.25, 0.3) is 38.5 Å². The normalized spacial score (nSPS) is 17.7. The Morgan fingerprint density at radius 3 is 1.94 bits per heavy atom. The van der Waals surface area contributed by atoms with Gasteiger partial charge in [-0.1, -0.05) is 152 Å². The molecule has 240 valence electrons. The van der Waals surface area contributed by atoms with Crippen LogP contribution in [0.15, 0.2) is 180 Å². The number of rotatable bonds is 6. The summed E-state index contributed by atoms with van der Waals surface area (Å²) in [7, 11) is 0. The van der Waals surface area contributed by atoms with Crippen molar-refractivity contribution in [2.24, 2.45) is 9.98 Å². The van der Waals surface area contributed by atoms with Crippen LogP contribution < -0.4 is 5.32 Å². The zero-order chi connectivity index (χ0) is 33.5. The number of nitrogens with one attached hydrogen (secondary N) is 1. The summed E-state index contributed by atoms with van der Waals surface area (Å²) >= 11 is 0. The van der Waals surface area contributed by atoms with Gasteiger partial charge in [0.1, 0.15) is 11.7 Å². The molecule has 1 unspecified atom stereocenters. The van der Waals surface area contributed by atoms with Gasteiger partial charge in [0.25, 0.3) is 0 Å². The number of hydrogen-bond donors (Lipinski definition) is 1. The van der Waals surface area contributed by atoms with Crippen molar-refractivity contribution in [2.45, 2.75) is 25.0 Å². The highest BCUT2D eigenvalue weighted by Gasteiger charge is 2.27. The standard InChI is InChI=1S/C45H35N5/c1-45(50-30-46-39-20-8-9-21-40(39)50)28-26-32(27-29-45)38-19-11-17-33-16-10-18-37(41(33)38)31-22-24-36(25-23-31)44-48-42(34-12-4-2-5-13-34)47-43(49-44)35-14-6-3-7-15-35/h2-28,30,44H,29H2,1H3,(H,47,48,49). The number of hydrogen-bond acceptors (Lipinski definition) is 4. The molecular formula is C45H35N5. The smallest absolute Gasteiger partial charge is 0.169 e. The molecular weight excluding hydrogens is 611 g/mol. The van der Waals surface area contributed by atoms with Gasteiger partial charge in [0, 0.05) is 11.1 Å². The lowest BCUT2D eigenvalue weighted by molar-refractivity contribution is 0.423. The molecule has 7 aromatic rings. The number of benzene rings is 6. The van der Waals surface area contributed by atoms with E-state index < -0.39 is 0 Å². The van der Waals surface area contributed by atoms with Gasteiger partial charge in [-0.15, -0.1) is 0 Å². The highest BCUT2D eigenvalue weighted by atomic mass is 15.2. The van der Waals surface area contributed by atoms with Crippen molar-refractivity contribution >= 4 is 39.1 Å². The van der Waals surface area contributed by atoms with Crippen LogP contribution in [0.4, 0.5) is 0 Å². The third kappa shape index (κ3) is 5.33. The van der Waals surface area contributed by atoms with E-state index >= 15 is 0 Å². The van der Waals surface area contributed by atoms with Gasteiger partial charge in [-0.25, -0.2) is 15.0 Å². The summed E-state index contributed by atoms with van der Waals surface area (Å²) in [5.74, 6) is 1.64. The lowest BCUT2D eigenvalue weighted by Gasteiger charge is -2.31. The van der Waals surface area contributed by atoms with Crippen molar-refractivity contribution in [3.05, 3.63) is 192 Å². The van der Waals surface area contributed by atoms with Crippen LogP contribution >= 0.6 is 0 Å². The first-order chi connectivity index (χ1) is 24.6. The number of fused-ring (bicyclic) bond motifs is 2. The topological polar surface area (TPSA) is 54.6 Å². The zero-order valence-corrected chi connectivity index (χ0v) is 27.7. The minimum absolute atomic E-state index is 0.191. The van der Waals surface area contributed by atoms with Crippen LogP contribution in [-0.2, 0) is 5.54 Å². The first kappa shape index (κ1) is 29.8. The second-order valence-corrected chi connectivity index (χ2v) is 13.2. The Balaban J connectivity index is 1.06. The number of aliphatic imine (C=N–C) groups is 2. The molecule has 0 amide bonds. The lowest BCUT2D eigenvalue weighted by Crippen LogP contribution is -2.35. The van der Waals surface area contributed by atoms with E-state index in [1.54, 1.807) is 0 Å². The first-order valence-electron chi connectivity index (χ1n) is 17.1. The SMILES string of the molecule is CC1(n2cnc3ccccc32)C=CC(c2cccc3cccc(-c4ccc(C5N=C(c6ccccc6)NC(c6ccccc6)=N5)cc4)c23)=CC1. The summed E-state index contributed by atoms with van der Waals surface area (Å²) < 4.78 is 2.30. The third-order valence-electron chi connectivity index (χ3n) is 9.93. The summed E-state index contributed by atoms with van der Waals surface area (Å²) in [5.41, 5.74) is 9.94. The average Bonchev–Trinajstić information content (AvgIpc) is 3.64. The Labute approximate surface area is 291 Å². The Bertz CT molecular complexity index is 2430. The van der Waals surface area contributed by atoms with Crippen molar-refractivity contribution in [1.29, 1.82) is 0 Å². The maximum absolute atomic E-state index is 5.07. The van der Waals surface area contributed by atoms with E-state index in [2.05, 4.69) is 143 Å². The highest BCUT2D eigenvalue weighted by molar-refractivity contribution is 6.16. The number of amidine groups is 2. The molecule has 50 heavy (non-hydrogen) atoms. The highest BCUT2D eigenvalue weighted by Crippen LogP contribution is 2.39. The molecule has 0 saturated carbocycles. The molecule has 2 heterocycles. The van der Waals surface area contributed by atoms with Crippen LogP contribution in [0.3, 0.4) is 0 Å². The van der Waals surface area contributed by atoms with Crippen LogP contribution in [0, 0.1) is 0 Å². The summed E-state index contributed by atoms with van der Waals surface area (Å²) in [4.78, 5) is 14.8. The van der Waals surface area contributed by atoms with Crippen molar-refractivity contribution in [2.75, 3.05) is 0 Å². The first-order valence-corrected chi connectivity index (χ1v) is 17.1. The molecule has 1 N–H and O–H groups in total. The van der Waals surface area contributed by atoms with E-state index in [1.165, 1.54) is 27.5 Å². The molecule has 1 aliphatic carbocycles. The predicted molar refractivity (Wildman–Crippen MR) is 206 cm³/mol. The summed E-state index contributed by atoms with van der Waals surface area (Å²) in [6.45, 7) is 2.28. The Kier molecular flexibility index (Phi) is 7.32. The summed E-state index contributed by atoms with van der Waals surface area (Å²) in [6.07, 6.45) is 9.48. The van der Waals surface area contributed by atoms with Crippen molar-refractivity contribution in [3.63, 3.8) is 0 Å². The van der Waals surface area contributed by atoms with Gasteiger partial charge in [0.15, 0.2) is 6.17 Å². The number of imidazole rings is 1. The monoisotopic (exact) mass is 645 g/mol. The molecule has 1 aromatic heterocycles. The maximum atomic E-state index is 5.07. The van der Waals surface area contributed by atoms with E-state index in [0.717, 1.165) is 51.4 Å². The fourth-order valence-corrected chi connectivity index (χ4v) is 7.21. The van der Waals surface area contributed by atoms with Crippen molar-refractivity contribution in [1.82, 2.24) is 14.9 Å². The molecule has 6 aromatic carbocycles. The quantitative estimate of drug-likeness (QED) is 0.196. The van der Waals surface area contributed by atoms with E-state index in [1.807, 2.05) is 48.8 Å². The molecule has 0 saturated heterocycles. The van der Waals surface area contributed by atoms with Crippen LogP contribution in [-0.4, -0.2) is 21.2 Å². The van der Waals surface area contributed by atoms with Crippen molar-refractivity contribution in [3.8, 4) is 11.1 Å². The van der Waals surface area contributed by atoms with Gasteiger partial charge in [-0.2, -0.15) is 0 Å². The van der Waals surface area contributed by atoms with Gasteiger partial charge in [-0.05, 0) is 64.1 Å². The lowest BCUT2D eigenvalue weighted by atomic mass is 9.85. The average molecular weight is 646 g/mol. The van der Waals surface area contributed by atoms with Crippen LogP contribution in [0.5, 0.6) is 0 Å².